The van der Waals surface area contributed by atoms with Gasteiger partial charge in [0.15, 0.2) is 5.11 Å². The third kappa shape index (κ3) is 6.68. The number of hydrogen-bond acceptors (Lipinski definition) is 4. The summed E-state index contributed by atoms with van der Waals surface area (Å²) in [6.07, 6.45) is 1.16. The molecule has 26 heavy (non-hydrogen) atoms. The summed E-state index contributed by atoms with van der Waals surface area (Å²) in [4.78, 5) is 1.14. The summed E-state index contributed by atoms with van der Waals surface area (Å²) >= 11 is 12.9. The highest BCUT2D eigenvalue weighted by atomic mass is 35.5. The van der Waals surface area contributed by atoms with Crippen LogP contribution in [0.3, 0.4) is 0 Å². The van der Waals surface area contributed by atoms with Crippen LogP contribution in [-0.4, -0.2) is 39.1 Å². The standard InChI is InChI=1S/C17H20ClN3O2S3/c1-21(26(2,22)23)15-5-3-4-14(12-15)20-17(24)19-10-11-25-16-8-6-13(18)7-9-16/h3-9,12H,10-11H2,1-2H3,(H2,19,20,24). The summed E-state index contributed by atoms with van der Waals surface area (Å²) in [5, 5.41) is 7.41. The van der Waals surface area contributed by atoms with Crippen molar-refractivity contribution in [2.24, 2.45) is 0 Å². The Morgan fingerprint density at radius 1 is 1.23 bits per heavy atom. The van der Waals surface area contributed by atoms with Gasteiger partial charge >= 0.3 is 0 Å². The van der Waals surface area contributed by atoms with Crippen molar-refractivity contribution >= 4 is 62.1 Å². The molecule has 0 saturated carbocycles. The molecule has 0 aliphatic heterocycles. The molecule has 0 aromatic heterocycles. The van der Waals surface area contributed by atoms with E-state index in [1.165, 1.54) is 11.4 Å². The Balaban J connectivity index is 1.81. The Bertz CT molecular complexity index is 858. The van der Waals surface area contributed by atoms with Crippen LogP contribution in [0.2, 0.25) is 5.02 Å². The van der Waals surface area contributed by atoms with Crippen molar-refractivity contribution in [2.75, 3.05) is 35.2 Å². The van der Waals surface area contributed by atoms with Gasteiger partial charge in [-0.2, -0.15) is 0 Å². The number of nitrogens with zero attached hydrogens (tertiary/aromatic N) is 1. The molecule has 0 aliphatic rings. The average Bonchev–Trinajstić information content (AvgIpc) is 2.59. The predicted octanol–water partition coefficient (Wildman–Crippen LogP) is 3.81. The number of halogens is 1. The van der Waals surface area contributed by atoms with Gasteiger partial charge in [0.25, 0.3) is 0 Å². The van der Waals surface area contributed by atoms with Gasteiger partial charge in [-0.25, -0.2) is 8.42 Å². The summed E-state index contributed by atoms with van der Waals surface area (Å²) < 4.78 is 24.5. The number of hydrogen-bond donors (Lipinski definition) is 2. The molecule has 0 unspecified atom stereocenters. The first-order chi connectivity index (χ1) is 12.3. The molecule has 140 valence electrons. The van der Waals surface area contributed by atoms with Gasteiger partial charge in [0, 0.05) is 35.0 Å². The van der Waals surface area contributed by atoms with Gasteiger partial charge in [0.05, 0.1) is 11.9 Å². The fourth-order valence-electron chi connectivity index (χ4n) is 2.01. The smallest absolute Gasteiger partial charge is 0.231 e. The highest BCUT2D eigenvalue weighted by Gasteiger charge is 2.12. The molecule has 9 heteroatoms. The lowest BCUT2D eigenvalue weighted by Crippen LogP contribution is -2.30. The third-order valence-electron chi connectivity index (χ3n) is 3.44. The minimum Gasteiger partial charge on any atom is -0.362 e. The number of thiocarbonyl (C=S) groups is 1. The second-order valence-electron chi connectivity index (χ2n) is 5.46. The van der Waals surface area contributed by atoms with E-state index in [0.717, 1.165) is 27.6 Å². The van der Waals surface area contributed by atoms with E-state index in [0.29, 0.717) is 17.3 Å². The zero-order valence-corrected chi connectivity index (χ0v) is 17.6. The molecule has 0 bridgehead atoms. The molecule has 0 radical (unpaired) electrons. The first-order valence-corrected chi connectivity index (χ1v) is 11.3. The Hall–Kier alpha value is -1.48. The summed E-state index contributed by atoms with van der Waals surface area (Å²) in [5.74, 6) is 0.848. The lowest BCUT2D eigenvalue weighted by Gasteiger charge is -2.18. The largest absolute Gasteiger partial charge is 0.362 e. The summed E-state index contributed by atoms with van der Waals surface area (Å²) in [5.41, 5.74) is 1.29. The number of thioether (sulfide) groups is 1. The van der Waals surface area contributed by atoms with E-state index in [1.54, 1.807) is 30.0 Å². The maximum atomic E-state index is 11.6. The van der Waals surface area contributed by atoms with Gasteiger partial charge in [-0.1, -0.05) is 17.7 Å². The molecule has 2 aromatic rings. The van der Waals surface area contributed by atoms with Crippen molar-refractivity contribution in [2.45, 2.75) is 4.90 Å². The Morgan fingerprint density at radius 2 is 1.92 bits per heavy atom. The molecular formula is C17H20ClN3O2S3. The molecule has 0 fully saturated rings. The van der Waals surface area contributed by atoms with Crippen molar-refractivity contribution in [3.05, 3.63) is 53.6 Å². The van der Waals surface area contributed by atoms with Gasteiger partial charge in [0.1, 0.15) is 0 Å². The number of sulfonamides is 1. The fourth-order valence-corrected chi connectivity index (χ4v) is 3.62. The van der Waals surface area contributed by atoms with Crippen LogP contribution in [-0.2, 0) is 10.0 Å². The number of anilines is 2. The van der Waals surface area contributed by atoms with Crippen molar-refractivity contribution in [1.82, 2.24) is 5.32 Å². The van der Waals surface area contributed by atoms with Crippen molar-refractivity contribution in [3.63, 3.8) is 0 Å². The second kappa shape index (κ2) is 9.45. The van der Waals surface area contributed by atoms with E-state index in [-0.39, 0.29) is 0 Å². The van der Waals surface area contributed by atoms with Crippen LogP contribution in [0.1, 0.15) is 0 Å². The minimum atomic E-state index is -3.30. The van der Waals surface area contributed by atoms with Gasteiger partial charge in [-0.3, -0.25) is 4.31 Å². The predicted molar refractivity (Wildman–Crippen MR) is 116 cm³/mol. The molecule has 2 N–H and O–H groups in total. The monoisotopic (exact) mass is 429 g/mol. The van der Waals surface area contributed by atoms with E-state index >= 15 is 0 Å². The van der Waals surface area contributed by atoms with Crippen molar-refractivity contribution in [3.8, 4) is 0 Å². The maximum absolute atomic E-state index is 11.6. The molecule has 0 atom stereocenters. The quantitative estimate of drug-likeness (QED) is 0.396. The van der Waals surface area contributed by atoms with E-state index < -0.39 is 10.0 Å². The minimum absolute atomic E-state index is 0.487. The van der Waals surface area contributed by atoms with Crippen LogP contribution in [0.5, 0.6) is 0 Å². The van der Waals surface area contributed by atoms with E-state index in [9.17, 15) is 8.42 Å². The molecule has 2 aromatic carbocycles. The zero-order valence-electron chi connectivity index (χ0n) is 14.4. The summed E-state index contributed by atoms with van der Waals surface area (Å²) in [6.45, 7) is 0.696. The fraction of sp³-hybridized carbons (Fsp3) is 0.235. The molecule has 0 aliphatic carbocycles. The van der Waals surface area contributed by atoms with E-state index in [1.807, 2.05) is 30.3 Å². The van der Waals surface area contributed by atoms with Crippen LogP contribution in [0.25, 0.3) is 0 Å². The molecule has 2 rings (SSSR count). The van der Waals surface area contributed by atoms with Gasteiger partial charge in [0.2, 0.25) is 10.0 Å². The first kappa shape index (κ1) is 20.8. The van der Waals surface area contributed by atoms with Crippen LogP contribution in [0.4, 0.5) is 11.4 Å². The maximum Gasteiger partial charge on any atom is 0.231 e. The number of nitrogens with one attached hydrogen (secondary N) is 2. The summed E-state index contributed by atoms with van der Waals surface area (Å²) in [7, 11) is -1.79. The molecule has 0 amide bonds. The highest BCUT2D eigenvalue weighted by molar-refractivity contribution is 7.99. The van der Waals surface area contributed by atoms with Gasteiger partial charge < -0.3 is 10.6 Å². The Kier molecular flexibility index (Phi) is 7.57. The lowest BCUT2D eigenvalue weighted by atomic mass is 10.3. The first-order valence-electron chi connectivity index (χ1n) is 7.73. The van der Waals surface area contributed by atoms with Crippen molar-refractivity contribution < 1.29 is 8.42 Å². The van der Waals surface area contributed by atoms with Crippen LogP contribution in [0.15, 0.2) is 53.4 Å². The number of benzene rings is 2. The molecule has 5 nitrogen and oxygen atoms in total. The topological polar surface area (TPSA) is 61.4 Å². The molecule has 0 spiro atoms. The van der Waals surface area contributed by atoms with E-state index in [2.05, 4.69) is 10.6 Å². The lowest BCUT2D eigenvalue weighted by molar-refractivity contribution is 0.600. The highest BCUT2D eigenvalue weighted by Crippen LogP contribution is 2.21. The average molecular weight is 430 g/mol. The second-order valence-corrected chi connectivity index (χ2v) is 9.49. The molecule has 0 saturated heterocycles. The third-order valence-corrected chi connectivity index (χ3v) is 6.15. The van der Waals surface area contributed by atoms with Crippen LogP contribution >= 0.6 is 35.6 Å². The molecular weight excluding hydrogens is 410 g/mol. The molecule has 0 heterocycles. The van der Waals surface area contributed by atoms with Crippen molar-refractivity contribution in [1.29, 1.82) is 0 Å². The van der Waals surface area contributed by atoms with Gasteiger partial charge in [-0.05, 0) is 54.7 Å². The Labute approximate surface area is 169 Å². The van der Waals surface area contributed by atoms with Crippen LogP contribution in [0, 0.1) is 0 Å². The number of rotatable bonds is 7. The summed E-state index contributed by atoms with van der Waals surface area (Å²) in [6, 6.07) is 14.8. The Morgan fingerprint density at radius 3 is 2.58 bits per heavy atom. The van der Waals surface area contributed by atoms with Gasteiger partial charge in [-0.15, -0.1) is 11.8 Å². The SMILES string of the molecule is CN(c1cccc(NC(=S)NCCSc2ccc(Cl)cc2)c1)S(C)(=O)=O. The normalized spacial score (nSPS) is 11.0. The van der Waals surface area contributed by atoms with E-state index in [4.69, 9.17) is 23.8 Å². The zero-order chi connectivity index (χ0) is 19.2. The van der Waals surface area contributed by atoms with Crippen LogP contribution < -0.4 is 14.9 Å².